The summed E-state index contributed by atoms with van der Waals surface area (Å²) in [6.07, 6.45) is 3.63. The molecule has 27 heavy (non-hydrogen) atoms. The molecule has 3 heterocycles. The molecule has 0 spiro atoms. The van der Waals surface area contributed by atoms with Gasteiger partial charge in [0.1, 0.15) is 0 Å². The van der Waals surface area contributed by atoms with Gasteiger partial charge in [-0.05, 0) is 49.1 Å². The molecule has 8 heteroatoms. The molecular formula is C19H25N5OS2. The van der Waals surface area contributed by atoms with Gasteiger partial charge in [0.05, 0.1) is 10.6 Å². The van der Waals surface area contributed by atoms with Crippen LogP contribution in [-0.4, -0.2) is 24.9 Å². The first-order valence-electron chi connectivity index (χ1n) is 9.24. The smallest absolute Gasteiger partial charge is 0.237 e. The van der Waals surface area contributed by atoms with Gasteiger partial charge in [-0.25, -0.2) is 0 Å². The van der Waals surface area contributed by atoms with E-state index in [4.69, 9.17) is 4.52 Å². The molecule has 6 nitrogen and oxygen atoms in total. The number of aryl methyl sites for hydroxylation is 2. The lowest BCUT2D eigenvalue weighted by atomic mass is 9.72. The van der Waals surface area contributed by atoms with E-state index in [0.29, 0.717) is 22.9 Å². The molecule has 0 fully saturated rings. The van der Waals surface area contributed by atoms with E-state index in [-0.39, 0.29) is 0 Å². The maximum Gasteiger partial charge on any atom is 0.237 e. The van der Waals surface area contributed by atoms with Crippen LogP contribution in [0, 0.1) is 18.3 Å². The van der Waals surface area contributed by atoms with Crippen LogP contribution in [0.3, 0.4) is 0 Å². The van der Waals surface area contributed by atoms with Gasteiger partial charge in [-0.2, -0.15) is 4.98 Å². The average molecular weight is 404 g/mol. The molecule has 0 radical (unpaired) electrons. The Labute approximate surface area is 167 Å². The molecule has 0 N–H and O–H groups in total. The van der Waals surface area contributed by atoms with Crippen LogP contribution < -0.4 is 0 Å². The summed E-state index contributed by atoms with van der Waals surface area (Å²) >= 11 is 3.44. The second kappa shape index (κ2) is 7.05. The Bertz CT molecular complexity index is 950. The molecular weight excluding hydrogens is 378 g/mol. The first kappa shape index (κ1) is 18.7. The lowest BCUT2D eigenvalue weighted by Gasteiger charge is -2.33. The number of fused-ring (bicyclic) bond motifs is 1. The van der Waals surface area contributed by atoms with Crippen LogP contribution >= 0.6 is 23.1 Å². The lowest BCUT2D eigenvalue weighted by Crippen LogP contribution is -2.26. The fourth-order valence-corrected chi connectivity index (χ4v) is 5.53. The van der Waals surface area contributed by atoms with E-state index in [9.17, 15) is 0 Å². The Balaban J connectivity index is 1.52. The molecule has 4 rings (SSSR count). The Kier molecular flexibility index (Phi) is 4.88. The van der Waals surface area contributed by atoms with Gasteiger partial charge < -0.3 is 9.09 Å². The van der Waals surface area contributed by atoms with Crippen LogP contribution in [0.4, 0.5) is 0 Å². The first-order chi connectivity index (χ1) is 12.8. The van der Waals surface area contributed by atoms with E-state index in [0.717, 1.165) is 16.9 Å². The molecule has 0 saturated carbocycles. The molecule has 144 valence electrons. The molecule has 3 aromatic rings. The van der Waals surface area contributed by atoms with Crippen molar-refractivity contribution < 1.29 is 4.52 Å². The highest BCUT2D eigenvalue weighted by molar-refractivity contribution is 7.98. The van der Waals surface area contributed by atoms with Gasteiger partial charge in [0, 0.05) is 11.9 Å². The highest BCUT2D eigenvalue weighted by Crippen LogP contribution is 2.42. The molecule has 1 atom stereocenters. The summed E-state index contributed by atoms with van der Waals surface area (Å²) in [6, 6.07) is 2.33. The molecule has 0 saturated heterocycles. The minimum atomic E-state index is 0.363. The number of nitrogens with zero attached hydrogens (tertiary/aromatic N) is 5. The molecule has 1 aliphatic rings. The van der Waals surface area contributed by atoms with Crippen molar-refractivity contribution >= 4 is 23.1 Å². The lowest BCUT2D eigenvalue weighted by molar-refractivity contribution is 0.217. The third-order valence-electron chi connectivity index (χ3n) is 5.26. The Morgan fingerprint density at radius 2 is 2.15 bits per heavy atom. The minimum absolute atomic E-state index is 0.363. The summed E-state index contributed by atoms with van der Waals surface area (Å²) in [6.45, 7) is 8.88. The van der Waals surface area contributed by atoms with Gasteiger partial charge in [-0.1, -0.05) is 37.7 Å². The SMILES string of the molecule is Cc1noc(CSc2nnc(-c3cc4c(s3)CC[C@H](C(C)(C)C)C4)n2C)n1. The number of hydrogen-bond donors (Lipinski definition) is 0. The van der Waals surface area contributed by atoms with Crippen LogP contribution in [0.25, 0.3) is 10.7 Å². The predicted octanol–water partition coefficient (Wildman–Crippen LogP) is 4.68. The molecule has 0 unspecified atom stereocenters. The predicted molar refractivity (Wildman–Crippen MR) is 108 cm³/mol. The van der Waals surface area contributed by atoms with Gasteiger partial charge in [-0.3, -0.25) is 0 Å². The summed E-state index contributed by atoms with van der Waals surface area (Å²) in [7, 11) is 2.02. The van der Waals surface area contributed by atoms with Crippen molar-refractivity contribution in [3.05, 3.63) is 28.2 Å². The van der Waals surface area contributed by atoms with Crippen LogP contribution in [0.1, 0.15) is 49.3 Å². The zero-order chi connectivity index (χ0) is 19.2. The van der Waals surface area contributed by atoms with E-state index < -0.39 is 0 Å². The van der Waals surface area contributed by atoms with Crippen molar-refractivity contribution in [1.29, 1.82) is 0 Å². The molecule has 0 aliphatic heterocycles. The normalized spacial score (nSPS) is 17.3. The monoisotopic (exact) mass is 403 g/mol. The van der Waals surface area contributed by atoms with Crippen molar-refractivity contribution in [2.75, 3.05) is 0 Å². The van der Waals surface area contributed by atoms with Crippen molar-refractivity contribution in [3.63, 3.8) is 0 Å². The van der Waals surface area contributed by atoms with E-state index >= 15 is 0 Å². The van der Waals surface area contributed by atoms with Crippen LogP contribution in [0.5, 0.6) is 0 Å². The third-order valence-corrected chi connectivity index (χ3v) is 7.50. The number of aromatic nitrogens is 5. The fraction of sp³-hybridized carbons (Fsp3) is 0.579. The van der Waals surface area contributed by atoms with Crippen molar-refractivity contribution in [1.82, 2.24) is 24.9 Å². The summed E-state index contributed by atoms with van der Waals surface area (Å²) in [4.78, 5) is 6.97. The first-order valence-corrected chi connectivity index (χ1v) is 11.0. The van der Waals surface area contributed by atoms with Crippen LogP contribution in [-0.2, 0) is 25.6 Å². The van der Waals surface area contributed by atoms with Gasteiger partial charge in [0.2, 0.25) is 5.89 Å². The maximum atomic E-state index is 5.17. The van der Waals surface area contributed by atoms with E-state index in [2.05, 4.69) is 51.7 Å². The Morgan fingerprint density at radius 1 is 1.33 bits per heavy atom. The second-order valence-electron chi connectivity index (χ2n) is 8.25. The molecule has 0 bridgehead atoms. The van der Waals surface area contributed by atoms with Crippen molar-refractivity contribution in [3.8, 4) is 10.7 Å². The average Bonchev–Trinajstić information content (AvgIpc) is 3.29. The third kappa shape index (κ3) is 3.82. The standard InChI is InChI=1S/C19H25N5OS2/c1-11-20-16(25-23-11)10-26-18-22-21-17(24(18)5)15-9-12-8-13(19(2,3)4)6-7-14(12)27-15/h9,13H,6-8,10H2,1-5H3/t13-/m0/s1. The summed E-state index contributed by atoms with van der Waals surface area (Å²) in [5.74, 6) is 3.55. The topological polar surface area (TPSA) is 69.6 Å². The summed E-state index contributed by atoms with van der Waals surface area (Å²) < 4.78 is 7.23. The zero-order valence-electron chi connectivity index (χ0n) is 16.4. The number of rotatable bonds is 4. The highest BCUT2D eigenvalue weighted by Gasteiger charge is 2.30. The Morgan fingerprint density at radius 3 is 2.85 bits per heavy atom. The van der Waals surface area contributed by atoms with Gasteiger partial charge >= 0.3 is 0 Å². The molecule has 3 aromatic heterocycles. The van der Waals surface area contributed by atoms with E-state index in [1.54, 1.807) is 11.8 Å². The van der Waals surface area contributed by atoms with Crippen molar-refractivity contribution in [2.45, 2.75) is 57.9 Å². The number of thioether (sulfide) groups is 1. The van der Waals surface area contributed by atoms with E-state index in [1.807, 2.05) is 25.3 Å². The molecule has 1 aliphatic carbocycles. The Hall–Kier alpha value is -1.67. The minimum Gasteiger partial charge on any atom is -0.338 e. The maximum absolute atomic E-state index is 5.17. The number of thiophene rings is 1. The summed E-state index contributed by atoms with van der Waals surface area (Å²) in [5.41, 5.74) is 1.86. The van der Waals surface area contributed by atoms with Gasteiger partial charge in [-0.15, -0.1) is 21.5 Å². The molecule has 0 amide bonds. The van der Waals surface area contributed by atoms with Crippen LogP contribution in [0.2, 0.25) is 0 Å². The van der Waals surface area contributed by atoms with Gasteiger partial charge in [0.15, 0.2) is 16.8 Å². The molecule has 0 aromatic carbocycles. The van der Waals surface area contributed by atoms with Crippen LogP contribution in [0.15, 0.2) is 15.7 Å². The van der Waals surface area contributed by atoms with Gasteiger partial charge in [0.25, 0.3) is 0 Å². The zero-order valence-corrected chi connectivity index (χ0v) is 18.1. The quantitative estimate of drug-likeness (QED) is 0.589. The number of hydrogen-bond acceptors (Lipinski definition) is 7. The highest BCUT2D eigenvalue weighted by atomic mass is 32.2. The van der Waals surface area contributed by atoms with E-state index in [1.165, 1.54) is 34.6 Å². The summed E-state index contributed by atoms with van der Waals surface area (Å²) in [5, 5.41) is 13.5. The fourth-order valence-electron chi connectivity index (χ4n) is 3.55. The largest absolute Gasteiger partial charge is 0.338 e. The van der Waals surface area contributed by atoms with Crippen molar-refractivity contribution in [2.24, 2.45) is 18.4 Å². The second-order valence-corrected chi connectivity index (χ2v) is 10.3.